The van der Waals surface area contributed by atoms with Crippen LogP contribution < -0.4 is 10.6 Å². The molecule has 1 aliphatic heterocycles. The van der Waals surface area contributed by atoms with Crippen molar-refractivity contribution in [3.8, 4) is 0 Å². The summed E-state index contributed by atoms with van der Waals surface area (Å²) in [5, 5.41) is 5.07. The molecule has 2 N–H and O–H groups in total. The number of amides is 1. The van der Waals surface area contributed by atoms with Crippen LogP contribution in [0.2, 0.25) is 0 Å². The molecule has 144 valence electrons. The lowest BCUT2D eigenvalue weighted by Gasteiger charge is -2.23. The van der Waals surface area contributed by atoms with Crippen LogP contribution in [0, 0.1) is 5.92 Å². The first kappa shape index (κ1) is 20.2. The third-order valence-corrected chi connectivity index (χ3v) is 6.66. The fraction of sp³-hybridized carbons (Fsp3) is 0.529. The molecule has 2 atom stereocenters. The van der Waals surface area contributed by atoms with Crippen molar-refractivity contribution in [2.75, 3.05) is 26.1 Å². The molecule has 1 aliphatic rings. The van der Waals surface area contributed by atoms with Crippen LogP contribution in [-0.4, -0.2) is 46.5 Å². The van der Waals surface area contributed by atoms with Gasteiger partial charge in [0.05, 0.1) is 30.3 Å². The number of anilines is 1. The zero-order valence-corrected chi connectivity index (χ0v) is 16.1. The second-order valence-electron chi connectivity index (χ2n) is 6.31. The summed E-state index contributed by atoms with van der Waals surface area (Å²) >= 11 is 0. The Morgan fingerprint density at radius 2 is 1.92 bits per heavy atom. The number of rotatable bonds is 5. The first-order valence-electron chi connectivity index (χ1n) is 8.26. The normalized spacial score (nSPS) is 20.0. The first-order chi connectivity index (χ1) is 12.2. The molecule has 2 rings (SSSR count). The molecule has 9 heteroatoms. The second kappa shape index (κ2) is 8.05. The molecular formula is C17H24N2O6S. The van der Waals surface area contributed by atoms with E-state index in [0.29, 0.717) is 24.2 Å². The molecule has 1 aromatic rings. The maximum atomic E-state index is 12.8. The van der Waals surface area contributed by atoms with Gasteiger partial charge in [0.25, 0.3) is 0 Å². The van der Waals surface area contributed by atoms with E-state index in [2.05, 4.69) is 15.4 Å². The largest absolute Gasteiger partial charge is 0.469 e. The number of nitrogens with one attached hydrogen (secondary N) is 2. The number of sulfone groups is 1. The minimum absolute atomic E-state index is 0.135. The molecule has 0 unspecified atom stereocenters. The summed E-state index contributed by atoms with van der Waals surface area (Å²) in [5.41, 5.74) is 0.812. The number of carbonyl (C=O) groups excluding carboxylic acids is 2. The quantitative estimate of drug-likeness (QED) is 0.746. The zero-order chi connectivity index (χ0) is 19.5. The molecule has 1 aromatic carbocycles. The highest BCUT2D eigenvalue weighted by Gasteiger charge is 2.38. The van der Waals surface area contributed by atoms with Crippen molar-refractivity contribution in [2.45, 2.75) is 36.5 Å². The minimum atomic E-state index is -3.59. The molecule has 8 nitrogen and oxygen atoms in total. The Hall–Kier alpha value is -2.13. The van der Waals surface area contributed by atoms with Gasteiger partial charge in [-0.05, 0) is 50.6 Å². The SMILES string of the molecule is COC(=O)Nc1ccc(S(=O)(=O)C(C)C)c([C@H]2NCC[C@H]2C(=O)OC)c1. The fourth-order valence-electron chi connectivity index (χ4n) is 2.99. The molecule has 26 heavy (non-hydrogen) atoms. The minimum Gasteiger partial charge on any atom is -0.469 e. The van der Waals surface area contributed by atoms with Crippen LogP contribution in [0.25, 0.3) is 0 Å². The van der Waals surface area contributed by atoms with Crippen molar-refractivity contribution in [1.29, 1.82) is 0 Å². The monoisotopic (exact) mass is 384 g/mol. The van der Waals surface area contributed by atoms with E-state index in [0.717, 1.165) is 0 Å². The Labute approximate surface area is 153 Å². The summed E-state index contributed by atoms with van der Waals surface area (Å²) in [5.74, 6) is -0.909. The maximum absolute atomic E-state index is 12.8. The Bertz CT molecular complexity index is 790. The van der Waals surface area contributed by atoms with Gasteiger partial charge < -0.3 is 14.8 Å². The predicted octanol–water partition coefficient (Wildman–Crippen LogP) is 1.87. The average molecular weight is 384 g/mol. The van der Waals surface area contributed by atoms with Crippen LogP contribution in [-0.2, 0) is 24.1 Å². The Kier molecular flexibility index (Phi) is 6.25. The van der Waals surface area contributed by atoms with Crippen LogP contribution in [0.1, 0.15) is 31.9 Å². The van der Waals surface area contributed by atoms with Gasteiger partial charge in [-0.15, -0.1) is 0 Å². The number of carbonyl (C=O) groups is 2. The standard InChI is InChI=1S/C17H24N2O6S/c1-10(2)26(22,23)14-6-5-11(19-17(21)25-4)9-13(14)15-12(7-8-18-15)16(20)24-3/h5-6,9-10,12,15,18H,7-8H2,1-4H3,(H,19,21)/t12-,15+/m1/s1. The van der Waals surface area contributed by atoms with E-state index in [4.69, 9.17) is 4.74 Å². The smallest absolute Gasteiger partial charge is 0.411 e. The van der Waals surface area contributed by atoms with Crippen molar-refractivity contribution < 1.29 is 27.5 Å². The average Bonchev–Trinajstić information content (AvgIpc) is 3.10. The van der Waals surface area contributed by atoms with E-state index < -0.39 is 39.1 Å². The first-order valence-corrected chi connectivity index (χ1v) is 9.81. The van der Waals surface area contributed by atoms with E-state index in [9.17, 15) is 18.0 Å². The van der Waals surface area contributed by atoms with Gasteiger partial charge in [0.1, 0.15) is 0 Å². The van der Waals surface area contributed by atoms with Gasteiger partial charge >= 0.3 is 12.1 Å². The van der Waals surface area contributed by atoms with Gasteiger partial charge in [-0.3, -0.25) is 10.1 Å². The second-order valence-corrected chi connectivity index (χ2v) is 8.79. The Morgan fingerprint density at radius 1 is 1.23 bits per heavy atom. The topological polar surface area (TPSA) is 111 Å². The van der Waals surface area contributed by atoms with E-state index in [1.165, 1.54) is 26.4 Å². The van der Waals surface area contributed by atoms with Gasteiger partial charge in [-0.1, -0.05) is 0 Å². The van der Waals surface area contributed by atoms with Gasteiger partial charge in [0.15, 0.2) is 9.84 Å². The summed E-state index contributed by atoms with van der Waals surface area (Å²) in [6, 6.07) is 3.98. The molecule has 0 radical (unpaired) electrons. The summed E-state index contributed by atoms with van der Waals surface area (Å²) in [4.78, 5) is 23.7. The lowest BCUT2D eigenvalue weighted by atomic mass is 9.94. The van der Waals surface area contributed by atoms with Gasteiger partial charge in [0.2, 0.25) is 0 Å². The Balaban J connectivity index is 2.56. The highest BCUT2D eigenvalue weighted by Crippen LogP contribution is 2.36. The number of hydrogen-bond donors (Lipinski definition) is 2. The molecule has 1 fully saturated rings. The molecular weight excluding hydrogens is 360 g/mol. The summed E-state index contributed by atoms with van der Waals surface area (Å²) in [7, 11) is -1.05. The third kappa shape index (κ3) is 3.99. The molecule has 0 saturated carbocycles. The number of methoxy groups -OCH3 is 2. The van der Waals surface area contributed by atoms with E-state index in [1.54, 1.807) is 19.9 Å². The number of ether oxygens (including phenoxy) is 2. The number of esters is 1. The van der Waals surface area contributed by atoms with E-state index in [1.807, 2.05) is 0 Å². The summed E-state index contributed by atoms with van der Waals surface area (Å²) in [6.07, 6.45) is -0.132. The number of hydrogen-bond acceptors (Lipinski definition) is 7. The Morgan fingerprint density at radius 3 is 2.50 bits per heavy atom. The maximum Gasteiger partial charge on any atom is 0.411 e. The molecule has 1 saturated heterocycles. The lowest BCUT2D eigenvalue weighted by Crippen LogP contribution is -2.27. The van der Waals surface area contributed by atoms with Crippen molar-refractivity contribution in [3.63, 3.8) is 0 Å². The highest BCUT2D eigenvalue weighted by atomic mass is 32.2. The molecule has 1 amide bonds. The van der Waals surface area contributed by atoms with Crippen molar-refractivity contribution in [3.05, 3.63) is 23.8 Å². The van der Waals surface area contributed by atoms with Crippen molar-refractivity contribution in [1.82, 2.24) is 5.32 Å². The van der Waals surface area contributed by atoms with E-state index in [-0.39, 0.29) is 4.90 Å². The zero-order valence-electron chi connectivity index (χ0n) is 15.2. The van der Waals surface area contributed by atoms with Crippen LogP contribution in [0.15, 0.2) is 23.1 Å². The van der Waals surface area contributed by atoms with Gasteiger partial charge in [-0.25, -0.2) is 13.2 Å². The van der Waals surface area contributed by atoms with Crippen molar-refractivity contribution >= 4 is 27.6 Å². The fourth-order valence-corrected chi connectivity index (χ4v) is 4.27. The van der Waals surface area contributed by atoms with Crippen LogP contribution in [0.3, 0.4) is 0 Å². The number of benzene rings is 1. The summed E-state index contributed by atoms with van der Waals surface area (Å²) in [6.45, 7) is 3.75. The van der Waals surface area contributed by atoms with Crippen molar-refractivity contribution in [2.24, 2.45) is 5.92 Å². The highest BCUT2D eigenvalue weighted by molar-refractivity contribution is 7.92. The summed E-state index contributed by atoms with van der Waals surface area (Å²) < 4.78 is 35.0. The van der Waals surface area contributed by atoms with Gasteiger partial charge in [0, 0.05) is 11.7 Å². The molecule has 1 heterocycles. The predicted molar refractivity (Wildman–Crippen MR) is 95.7 cm³/mol. The molecule has 0 aromatic heterocycles. The van der Waals surface area contributed by atoms with Crippen LogP contribution >= 0.6 is 0 Å². The molecule has 0 spiro atoms. The van der Waals surface area contributed by atoms with Gasteiger partial charge in [-0.2, -0.15) is 0 Å². The van der Waals surface area contributed by atoms with Crippen LogP contribution in [0.5, 0.6) is 0 Å². The third-order valence-electron chi connectivity index (χ3n) is 4.43. The molecule has 0 bridgehead atoms. The lowest BCUT2D eigenvalue weighted by molar-refractivity contribution is -0.145. The molecule has 0 aliphatic carbocycles. The van der Waals surface area contributed by atoms with E-state index >= 15 is 0 Å². The van der Waals surface area contributed by atoms with Crippen LogP contribution in [0.4, 0.5) is 10.5 Å².